The molecule has 2 aromatic heterocycles. The molecule has 1 fully saturated rings. The summed E-state index contributed by atoms with van der Waals surface area (Å²) in [5, 5.41) is 3.60. The van der Waals surface area contributed by atoms with Crippen LogP contribution in [0.25, 0.3) is 10.2 Å². The third kappa shape index (κ3) is 3.85. The first-order valence-electron chi connectivity index (χ1n) is 10.9. The van der Waals surface area contributed by atoms with Gasteiger partial charge in [0, 0.05) is 32.6 Å². The summed E-state index contributed by atoms with van der Waals surface area (Å²) in [7, 11) is 0. The number of aromatic nitrogens is 2. The van der Waals surface area contributed by atoms with Crippen molar-refractivity contribution in [3.8, 4) is 0 Å². The first kappa shape index (κ1) is 21.2. The van der Waals surface area contributed by atoms with Crippen LogP contribution in [0.5, 0.6) is 0 Å². The lowest BCUT2D eigenvalue weighted by molar-refractivity contribution is 0.0162. The largest absolute Gasteiger partial charge is 0.379 e. The van der Waals surface area contributed by atoms with E-state index in [-0.39, 0.29) is 23.3 Å². The van der Waals surface area contributed by atoms with E-state index < -0.39 is 0 Å². The Kier molecular flexibility index (Phi) is 5.79. The molecule has 1 unspecified atom stereocenters. The van der Waals surface area contributed by atoms with Gasteiger partial charge in [-0.1, -0.05) is 12.1 Å². The van der Waals surface area contributed by atoms with Crippen LogP contribution >= 0.6 is 11.3 Å². The van der Waals surface area contributed by atoms with E-state index in [0.29, 0.717) is 47.0 Å². The van der Waals surface area contributed by atoms with Gasteiger partial charge in [0.1, 0.15) is 16.5 Å². The second-order valence-electron chi connectivity index (χ2n) is 8.25. The summed E-state index contributed by atoms with van der Waals surface area (Å²) in [6.45, 7) is 5.62. The molecule has 0 aliphatic carbocycles. The number of hydrogen-bond acceptors (Lipinski definition) is 6. The Morgan fingerprint density at radius 1 is 1.25 bits per heavy atom. The van der Waals surface area contributed by atoms with Gasteiger partial charge in [0.2, 0.25) is 0 Å². The Labute approximate surface area is 188 Å². The zero-order valence-corrected chi connectivity index (χ0v) is 18.7. The van der Waals surface area contributed by atoms with Crippen LogP contribution in [-0.4, -0.2) is 53.2 Å². The Bertz CT molecular complexity index is 1210. The van der Waals surface area contributed by atoms with Crippen LogP contribution < -0.4 is 10.9 Å². The quantitative estimate of drug-likeness (QED) is 0.639. The maximum atomic E-state index is 13.5. The number of halogens is 1. The minimum Gasteiger partial charge on any atom is -0.379 e. The molecule has 32 heavy (non-hydrogen) atoms. The predicted molar refractivity (Wildman–Crippen MR) is 121 cm³/mol. The number of aryl methyl sites for hydroxylation is 2. The van der Waals surface area contributed by atoms with Gasteiger partial charge in [0.25, 0.3) is 11.5 Å². The zero-order valence-electron chi connectivity index (χ0n) is 17.9. The molecule has 9 heteroatoms. The predicted octanol–water partition coefficient (Wildman–Crippen LogP) is 2.66. The van der Waals surface area contributed by atoms with Gasteiger partial charge in [-0.2, -0.15) is 0 Å². The molecule has 0 radical (unpaired) electrons. The first-order chi connectivity index (χ1) is 15.5. The number of nitrogens with one attached hydrogen (secondary N) is 1. The molecule has 1 amide bonds. The minimum atomic E-state index is -0.287. The number of nitrogens with zero attached hydrogens (tertiary/aromatic N) is 3. The van der Waals surface area contributed by atoms with Crippen LogP contribution in [0.15, 0.2) is 29.1 Å². The van der Waals surface area contributed by atoms with E-state index in [1.54, 1.807) is 16.7 Å². The van der Waals surface area contributed by atoms with Crippen LogP contribution in [0.3, 0.4) is 0 Å². The molecular weight excluding hydrogens is 431 g/mol. The molecule has 1 saturated heterocycles. The molecular formula is C23H25FN4O3S. The van der Waals surface area contributed by atoms with E-state index >= 15 is 0 Å². The molecule has 3 aromatic rings. The lowest BCUT2D eigenvalue weighted by atomic mass is 10.0. The van der Waals surface area contributed by atoms with E-state index in [9.17, 15) is 14.0 Å². The highest BCUT2D eigenvalue weighted by atomic mass is 32.1. The molecule has 168 valence electrons. The summed E-state index contributed by atoms with van der Waals surface area (Å²) in [4.78, 5) is 34.1. The van der Waals surface area contributed by atoms with Crippen molar-refractivity contribution in [3.05, 3.63) is 62.3 Å². The number of fused-ring (bicyclic) bond motifs is 2. The van der Waals surface area contributed by atoms with Crippen LogP contribution in [0.2, 0.25) is 0 Å². The lowest BCUT2D eigenvalue weighted by Crippen LogP contribution is -2.43. The van der Waals surface area contributed by atoms with Gasteiger partial charge in [-0.3, -0.25) is 19.1 Å². The second-order valence-corrected chi connectivity index (χ2v) is 9.25. The Morgan fingerprint density at radius 2 is 2.00 bits per heavy atom. The minimum absolute atomic E-state index is 0.0483. The van der Waals surface area contributed by atoms with E-state index in [0.717, 1.165) is 37.3 Å². The average molecular weight is 457 g/mol. The van der Waals surface area contributed by atoms with Crippen molar-refractivity contribution in [2.45, 2.75) is 32.4 Å². The smallest absolute Gasteiger partial charge is 0.262 e. The number of hydrogen-bond donors (Lipinski definition) is 1. The maximum Gasteiger partial charge on any atom is 0.262 e. The summed E-state index contributed by atoms with van der Waals surface area (Å²) < 4.78 is 20.7. The second kappa shape index (κ2) is 8.73. The third-order valence-electron chi connectivity index (χ3n) is 6.31. The fourth-order valence-electron chi connectivity index (χ4n) is 4.59. The van der Waals surface area contributed by atoms with Crippen molar-refractivity contribution in [1.29, 1.82) is 0 Å². The normalized spacial score (nSPS) is 17.4. The summed E-state index contributed by atoms with van der Waals surface area (Å²) in [5.74, 6) is 0.305. The molecule has 7 nitrogen and oxygen atoms in total. The summed E-state index contributed by atoms with van der Waals surface area (Å²) in [6.07, 6.45) is 1.72. The van der Waals surface area contributed by atoms with Crippen LogP contribution in [0, 0.1) is 12.7 Å². The molecule has 0 saturated carbocycles. The number of rotatable bonds is 5. The molecule has 1 atom stereocenters. The number of morpholine rings is 1. The number of ether oxygens (including phenoxy) is 1. The molecule has 0 bridgehead atoms. The highest BCUT2D eigenvalue weighted by Gasteiger charge is 2.26. The molecule has 5 rings (SSSR count). The van der Waals surface area contributed by atoms with E-state index in [1.807, 2.05) is 6.92 Å². The van der Waals surface area contributed by atoms with Crippen molar-refractivity contribution >= 4 is 27.5 Å². The topological polar surface area (TPSA) is 76.5 Å². The van der Waals surface area contributed by atoms with E-state index in [1.165, 1.54) is 23.5 Å². The average Bonchev–Trinajstić information content (AvgIpc) is 3.41. The van der Waals surface area contributed by atoms with Gasteiger partial charge < -0.3 is 10.1 Å². The van der Waals surface area contributed by atoms with Crippen molar-refractivity contribution in [2.24, 2.45) is 0 Å². The number of benzene rings is 1. The monoisotopic (exact) mass is 456 g/mol. The van der Waals surface area contributed by atoms with Crippen molar-refractivity contribution < 1.29 is 13.9 Å². The first-order valence-corrected chi connectivity index (χ1v) is 11.7. The van der Waals surface area contributed by atoms with Crippen molar-refractivity contribution in [2.75, 3.05) is 32.8 Å². The van der Waals surface area contributed by atoms with Crippen molar-refractivity contribution in [1.82, 2.24) is 19.8 Å². The number of carbonyl (C=O) groups is 1. The Morgan fingerprint density at radius 3 is 2.75 bits per heavy atom. The highest BCUT2D eigenvalue weighted by Crippen LogP contribution is 2.29. The van der Waals surface area contributed by atoms with Gasteiger partial charge in [-0.05, 0) is 36.6 Å². The Hall–Kier alpha value is -2.62. The summed E-state index contributed by atoms with van der Waals surface area (Å²) >= 11 is 1.28. The van der Waals surface area contributed by atoms with Crippen molar-refractivity contribution in [3.63, 3.8) is 0 Å². The fraction of sp³-hybridized carbons (Fsp3) is 0.435. The standard InChI is InChI=1S/C23H25FN4O3S/c1-14-19-22(26-18-3-2-8-28(18)23(19)30)32-20(14)21(29)25-13-17(27-9-11-31-12-10-27)15-4-6-16(24)7-5-15/h4-7,17H,2-3,8-13H2,1H3,(H,25,29). The number of thiophene rings is 1. The molecule has 4 heterocycles. The van der Waals surface area contributed by atoms with Gasteiger partial charge in [0.15, 0.2) is 0 Å². The molecule has 0 spiro atoms. The van der Waals surface area contributed by atoms with E-state index in [4.69, 9.17) is 4.74 Å². The van der Waals surface area contributed by atoms with Gasteiger partial charge >= 0.3 is 0 Å². The molecule has 2 aliphatic rings. The van der Waals surface area contributed by atoms with Gasteiger partial charge in [0.05, 0.1) is 29.5 Å². The highest BCUT2D eigenvalue weighted by molar-refractivity contribution is 7.20. The Balaban J connectivity index is 1.40. The fourth-order valence-corrected chi connectivity index (χ4v) is 5.70. The van der Waals surface area contributed by atoms with Crippen LogP contribution in [0.4, 0.5) is 4.39 Å². The molecule has 1 aromatic carbocycles. The summed E-state index contributed by atoms with van der Waals surface area (Å²) in [5.41, 5.74) is 1.58. The van der Waals surface area contributed by atoms with Gasteiger partial charge in [-0.15, -0.1) is 11.3 Å². The molecule has 2 aliphatic heterocycles. The van der Waals surface area contributed by atoms with E-state index in [2.05, 4.69) is 15.2 Å². The van der Waals surface area contributed by atoms with Gasteiger partial charge in [-0.25, -0.2) is 9.37 Å². The number of carbonyl (C=O) groups excluding carboxylic acids is 1. The SMILES string of the molecule is Cc1c(C(=O)NCC(c2ccc(F)cc2)N2CCOCC2)sc2nc3n(c(=O)c12)CCC3. The molecule has 1 N–H and O–H groups in total. The van der Waals surface area contributed by atoms with Crippen LogP contribution in [-0.2, 0) is 17.7 Å². The zero-order chi connectivity index (χ0) is 22.2. The maximum absolute atomic E-state index is 13.5. The lowest BCUT2D eigenvalue weighted by Gasteiger charge is -2.35. The third-order valence-corrected chi connectivity index (χ3v) is 7.50. The summed E-state index contributed by atoms with van der Waals surface area (Å²) in [6, 6.07) is 6.32. The van der Waals surface area contributed by atoms with Crippen LogP contribution in [0.1, 0.15) is 39.1 Å². The number of amides is 1.